The van der Waals surface area contributed by atoms with Crippen molar-refractivity contribution in [3.8, 4) is 12.3 Å². The number of carbonyl (C=O) groups excluding carboxylic acids is 1. The van der Waals surface area contributed by atoms with E-state index in [2.05, 4.69) is 21.7 Å². The largest absolute Gasteiger partial charge is 0.345 e. The molecular formula is C11H17ClN4O. The van der Waals surface area contributed by atoms with Gasteiger partial charge in [0.1, 0.15) is 0 Å². The van der Waals surface area contributed by atoms with Gasteiger partial charge in [-0.05, 0) is 0 Å². The summed E-state index contributed by atoms with van der Waals surface area (Å²) in [6.45, 7) is 1.64. The van der Waals surface area contributed by atoms with Gasteiger partial charge in [0.25, 0.3) is 0 Å². The zero-order valence-corrected chi connectivity index (χ0v) is 10.6. The van der Waals surface area contributed by atoms with Crippen molar-refractivity contribution in [1.82, 2.24) is 20.4 Å². The van der Waals surface area contributed by atoms with Crippen LogP contribution >= 0.6 is 12.4 Å². The van der Waals surface area contributed by atoms with Crippen LogP contribution in [-0.4, -0.2) is 28.8 Å². The van der Waals surface area contributed by atoms with Crippen LogP contribution in [0.25, 0.3) is 0 Å². The molecule has 0 fully saturated rings. The van der Waals surface area contributed by atoms with Crippen molar-refractivity contribution in [2.75, 3.05) is 13.1 Å². The molecule has 1 amide bonds. The van der Waals surface area contributed by atoms with Crippen LogP contribution in [0.1, 0.15) is 12.0 Å². The van der Waals surface area contributed by atoms with Crippen molar-refractivity contribution in [2.45, 2.75) is 13.0 Å². The Morgan fingerprint density at radius 1 is 1.65 bits per heavy atom. The molecule has 0 radical (unpaired) electrons. The molecule has 0 aliphatic rings. The highest BCUT2D eigenvalue weighted by Gasteiger charge is 1.99. The molecule has 0 unspecified atom stereocenters. The second-order valence-electron chi connectivity index (χ2n) is 3.43. The molecule has 0 aromatic carbocycles. The molecule has 0 spiro atoms. The highest BCUT2D eigenvalue weighted by Crippen LogP contribution is 1.94. The Balaban J connectivity index is 0.00000256. The topological polar surface area (TPSA) is 59.0 Å². The second kappa shape index (κ2) is 8.62. The Morgan fingerprint density at radius 2 is 2.41 bits per heavy atom. The van der Waals surface area contributed by atoms with Crippen LogP contribution in [-0.2, 0) is 18.4 Å². The summed E-state index contributed by atoms with van der Waals surface area (Å²) in [6.07, 6.45) is 9.19. The maximum atomic E-state index is 11.2. The van der Waals surface area contributed by atoms with E-state index in [1.54, 1.807) is 10.9 Å². The summed E-state index contributed by atoms with van der Waals surface area (Å²) in [7, 11) is 1.87. The Labute approximate surface area is 107 Å². The number of rotatable bonds is 6. The van der Waals surface area contributed by atoms with Gasteiger partial charge in [-0.1, -0.05) is 5.92 Å². The fourth-order valence-corrected chi connectivity index (χ4v) is 1.24. The number of aryl methyl sites for hydroxylation is 1. The molecule has 6 heteroatoms. The fourth-order valence-electron chi connectivity index (χ4n) is 1.24. The van der Waals surface area contributed by atoms with Crippen molar-refractivity contribution < 1.29 is 4.79 Å². The van der Waals surface area contributed by atoms with E-state index < -0.39 is 0 Å². The molecule has 0 aliphatic heterocycles. The lowest BCUT2D eigenvalue weighted by Gasteiger charge is -2.03. The minimum atomic E-state index is -0.0309. The Kier molecular flexibility index (Phi) is 7.85. The maximum absolute atomic E-state index is 11.2. The highest BCUT2D eigenvalue weighted by molar-refractivity contribution is 5.85. The highest BCUT2D eigenvalue weighted by atomic mass is 35.5. The molecule has 0 saturated carbocycles. The summed E-state index contributed by atoms with van der Waals surface area (Å²) in [5.74, 6) is 2.32. The number of halogens is 1. The van der Waals surface area contributed by atoms with E-state index in [0.717, 1.165) is 12.1 Å². The fraction of sp³-hybridized carbons (Fsp3) is 0.455. The predicted octanol–water partition coefficient (Wildman–Crippen LogP) is 0.0710. The number of nitrogens with zero attached hydrogens (tertiary/aromatic N) is 2. The third-order valence-electron chi connectivity index (χ3n) is 2.00. The quantitative estimate of drug-likeness (QED) is 0.560. The lowest BCUT2D eigenvalue weighted by atomic mass is 10.3. The number of carbonyl (C=O) groups is 1. The average Bonchev–Trinajstić information content (AvgIpc) is 2.67. The first-order chi connectivity index (χ1) is 7.72. The van der Waals surface area contributed by atoms with E-state index in [4.69, 9.17) is 6.42 Å². The van der Waals surface area contributed by atoms with Gasteiger partial charge < -0.3 is 10.6 Å². The van der Waals surface area contributed by atoms with Gasteiger partial charge in [-0.25, -0.2) is 0 Å². The van der Waals surface area contributed by atoms with Gasteiger partial charge in [0.05, 0.1) is 12.7 Å². The first kappa shape index (κ1) is 15.5. The van der Waals surface area contributed by atoms with Crippen LogP contribution in [0.4, 0.5) is 0 Å². The summed E-state index contributed by atoms with van der Waals surface area (Å²) in [5.41, 5.74) is 1.10. The third kappa shape index (κ3) is 6.61. The van der Waals surface area contributed by atoms with Gasteiger partial charge in [-0.15, -0.1) is 18.8 Å². The van der Waals surface area contributed by atoms with Crippen LogP contribution < -0.4 is 10.6 Å². The van der Waals surface area contributed by atoms with Crippen LogP contribution in [0.5, 0.6) is 0 Å². The van der Waals surface area contributed by atoms with E-state index in [0.29, 0.717) is 19.5 Å². The number of aromatic nitrogens is 2. The molecule has 0 bridgehead atoms. The monoisotopic (exact) mass is 256 g/mol. The van der Waals surface area contributed by atoms with E-state index in [-0.39, 0.29) is 18.3 Å². The van der Waals surface area contributed by atoms with Crippen LogP contribution in [0.2, 0.25) is 0 Å². The molecule has 5 nitrogen and oxygen atoms in total. The molecule has 0 atom stereocenters. The lowest BCUT2D eigenvalue weighted by Crippen LogP contribution is -2.27. The summed E-state index contributed by atoms with van der Waals surface area (Å²) in [5, 5.41) is 9.81. The van der Waals surface area contributed by atoms with Crippen molar-refractivity contribution >= 4 is 18.3 Å². The first-order valence-corrected chi connectivity index (χ1v) is 5.11. The molecule has 1 heterocycles. The smallest absolute Gasteiger partial charge is 0.222 e. The predicted molar refractivity (Wildman–Crippen MR) is 68.6 cm³/mol. The molecule has 1 aromatic heterocycles. The average molecular weight is 257 g/mol. The van der Waals surface area contributed by atoms with Crippen molar-refractivity contribution in [3.63, 3.8) is 0 Å². The Bertz CT molecular complexity index is 383. The van der Waals surface area contributed by atoms with Gasteiger partial charge in [-0.3, -0.25) is 9.48 Å². The minimum Gasteiger partial charge on any atom is -0.345 e. The molecule has 0 saturated heterocycles. The molecule has 94 valence electrons. The number of amides is 1. The van der Waals surface area contributed by atoms with Gasteiger partial charge in [-0.2, -0.15) is 5.10 Å². The molecular weight excluding hydrogens is 240 g/mol. The SMILES string of the molecule is C#CCNC(=O)CCNCc1cnn(C)c1.Cl. The molecule has 0 aliphatic carbocycles. The number of terminal acetylenes is 1. The van der Waals surface area contributed by atoms with Gasteiger partial charge in [0, 0.05) is 38.3 Å². The standard InChI is InChI=1S/C11H16N4O.ClH/c1-3-5-13-11(16)4-6-12-7-10-8-14-15(2)9-10;/h1,8-9,12H,4-7H2,2H3,(H,13,16);1H. The normalized spacial score (nSPS) is 9.18. The molecule has 2 N–H and O–H groups in total. The number of nitrogens with one attached hydrogen (secondary N) is 2. The van der Waals surface area contributed by atoms with E-state index in [9.17, 15) is 4.79 Å². The molecule has 17 heavy (non-hydrogen) atoms. The van der Waals surface area contributed by atoms with Crippen molar-refractivity contribution in [1.29, 1.82) is 0 Å². The van der Waals surface area contributed by atoms with Gasteiger partial charge >= 0.3 is 0 Å². The summed E-state index contributed by atoms with van der Waals surface area (Å²) in [4.78, 5) is 11.2. The van der Waals surface area contributed by atoms with Crippen LogP contribution in [0.15, 0.2) is 12.4 Å². The van der Waals surface area contributed by atoms with E-state index in [1.807, 2.05) is 13.2 Å². The maximum Gasteiger partial charge on any atom is 0.222 e. The summed E-state index contributed by atoms with van der Waals surface area (Å²) in [6, 6.07) is 0. The minimum absolute atomic E-state index is 0. The van der Waals surface area contributed by atoms with E-state index >= 15 is 0 Å². The molecule has 1 aromatic rings. The molecule has 1 rings (SSSR count). The summed E-state index contributed by atoms with van der Waals surface area (Å²) < 4.78 is 1.75. The van der Waals surface area contributed by atoms with Crippen LogP contribution in [0.3, 0.4) is 0 Å². The van der Waals surface area contributed by atoms with Crippen LogP contribution in [0, 0.1) is 12.3 Å². The Morgan fingerprint density at radius 3 is 3.00 bits per heavy atom. The number of hydrogen-bond acceptors (Lipinski definition) is 3. The van der Waals surface area contributed by atoms with E-state index in [1.165, 1.54) is 0 Å². The van der Waals surface area contributed by atoms with Crippen molar-refractivity contribution in [2.24, 2.45) is 7.05 Å². The zero-order valence-electron chi connectivity index (χ0n) is 9.77. The second-order valence-corrected chi connectivity index (χ2v) is 3.43. The third-order valence-corrected chi connectivity index (χ3v) is 2.00. The van der Waals surface area contributed by atoms with Gasteiger partial charge in [0.15, 0.2) is 0 Å². The first-order valence-electron chi connectivity index (χ1n) is 5.11. The summed E-state index contributed by atoms with van der Waals surface area (Å²) >= 11 is 0. The number of hydrogen-bond donors (Lipinski definition) is 2. The van der Waals surface area contributed by atoms with Gasteiger partial charge in [0.2, 0.25) is 5.91 Å². The van der Waals surface area contributed by atoms with Crippen molar-refractivity contribution in [3.05, 3.63) is 18.0 Å². The Hall–Kier alpha value is -1.51. The lowest BCUT2D eigenvalue weighted by molar-refractivity contribution is -0.120. The zero-order chi connectivity index (χ0) is 11.8.